The zero-order valence-electron chi connectivity index (χ0n) is 9.84. The molecule has 0 aliphatic heterocycles. The average molecular weight is 211 g/mol. The number of rotatable bonds is 6. The summed E-state index contributed by atoms with van der Waals surface area (Å²) in [5, 5.41) is 3.63. The van der Waals surface area contributed by atoms with Gasteiger partial charge in [0, 0.05) is 12.6 Å². The molecular weight excluding hydrogens is 186 g/mol. The number of nitrogens with one attached hydrogen (secondary N) is 1. The Hall–Kier alpha value is -0.0800. The van der Waals surface area contributed by atoms with Crippen LogP contribution < -0.4 is 5.32 Å². The molecule has 2 aliphatic carbocycles. The summed E-state index contributed by atoms with van der Waals surface area (Å²) in [5.74, 6) is 0. The molecule has 2 rings (SSSR count). The highest BCUT2D eigenvalue weighted by Gasteiger charge is 2.15. The van der Waals surface area contributed by atoms with Crippen LogP contribution in [-0.2, 0) is 4.74 Å². The van der Waals surface area contributed by atoms with Crippen molar-refractivity contribution in [1.82, 2.24) is 5.32 Å². The highest BCUT2D eigenvalue weighted by Crippen LogP contribution is 2.21. The Morgan fingerprint density at radius 1 is 0.933 bits per heavy atom. The van der Waals surface area contributed by atoms with Gasteiger partial charge < -0.3 is 10.1 Å². The molecule has 0 heterocycles. The predicted octanol–water partition coefficient (Wildman–Crippen LogP) is 2.87. The zero-order chi connectivity index (χ0) is 10.3. The fourth-order valence-corrected chi connectivity index (χ4v) is 2.81. The van der Waals surface area contributed by atoms with E-state index in [1.807, 2.05) is 0 Å². The first kappa shape index (κ1) is 11.4. The predicted molar refractivity (Wildman–Crippen MR) is 63.1 cm³/mol. The van der Waals surface area contributed by atoms with E-state index in [-0.39, 0.29) is 0 Å². The molecule has 0 bridgehead atoms. The van der Waals surface area contributed by atoms with Crippen molar-refractivity contribution in [2.45, 2.75) is 69.9 Å². The van der Waals surface area contributed by atoms with Crippen LogP contribution in [0, 0.1) is 0 Å². The Balaban J connectivity index is 1.41. The molecular formula is C13H25NO. The fraction of sp³-hybridized carbons (Fsp3) is 1.00. The third-order valence-electron chi connectivity index (χ3n) is 3.77. The summed E-state index contributed by atoms with van der Waals surface area (Å²) in [6.45, 7) is 2.11. The van der Waals surface area contributed by atoms with Crippen LogP contribution in [0.1, 0.15) is 57.8 Å². The van der Waals surface area contributed by atoms with Gasteiger partial charge in [0.1, 0.15) is 0 Å². The molecule has 0 spiro atoms. The van der Waals surface area contributed by atoms with Gasteiger partial charge in [-0.25, -0.2) is 0 Å². The van der Waals surface area contributed by atoms with Crippen LogP contribution in [0.2, 0.25) is 0 Å². The van der Waals surface area contributed by atoms with Crippen LogP contribution in [0.3, 0.4) is 0 Å². The van der Waals surface area contributed by atoms with Crippen LogP contribution in [0.5, 0.6) is 0 Å². The number of hydrogen-bond donors (Lipinski definition) is 1. The Kier molecular flexibility index (Phi) is 4.94. The summed E-state index contributed by atoms with van der Waals surface area (Å²) in [4.78, 5) is 0. The minimum absolute atomic E-state index is 0.594. The lowest BCUT2D eigenvalue weighted by molar-refractivity contribution is 0.0566. The third-order valence-corrected chi connectivity index (χ3v) is 3.77. The van der Waals surface area contributed by atoms with Gasteiger partial charge in [-0.15, -0.1) is 0 Å². The molecule has 15 heavy (non-hydrogen) atoms. The Bertz CT molecular complexity index is 142. The van der Waals surface area contributed by atoms with Crippen molar-refractivity contribution >= 4 is 0 Å². The first-order chi connectivity index (χ1) is 7.45. The molecule has 0 aromatic heterocycles. The normalized spacial score (nSPS) is 24.0. The van der Waals surface area contributed by atoms with Crippen molar-refractivity contribution in [3.8, 4) is 0 Å². The van der Waals surface area contributed by atoms with E-state index in [1.165, 1.54) is 57.8 Å². The van der Waals surface area contributed by atoms with E-state index in [0.29, 0.717) is 6.10 Å². The summed E-state index contributed by atoms with van der Waals surface area (Å²) >= 11 is 0. The number of hydrogen-bond acceptors (Lipinski definition) is 2. The minimum Gasteiger partial charge on any atom is -0.378 e. The maximum absolute atomic E-state index is 5.83. The van der Waals surface area contributed by atoms with E-state index >= 15 is 0 Å². The molecule has 2 heteroatoms. The Morgan fingerprint density at radius 2 is 1.60 bits per heavy atom. The summed E-state index contributed by atoms with van der Waals surface area (Å²) in [6, 6.07) is 0.816. The van der Waals surface area contributed by atoms with Crippen molar-refractivity contribution in [2.24, 2.45) is 0 Å². The molecule has 0 aromatic carbocycles. The van der Waals surface area contributed by atoms with E-state index in [4.69, 9.17) is 4.74 Å². The van der Waals surface area contributed by atoms with Crippen LogP contribution in [-0.4, -0.2) is 25.3 Å². The van der Waals surface area contributed by atoms with Gasteiger partial charge in [-0.3, -0.25) is 0 Å². The lowest BCUT2D eigenvalue weighted by atomic mass is 10.2. The van der Waals surface area contributed by atoms with E-state index in [9.17, 15) is 0 Å². The van der Waals surface area contributed by atoms with Gasteiger partial charge in [0.15, 0.2) is 0 Å². The molecule has 1 N–H and O–H groups in total. The molecule has 0 unspecified atom stereocenters. The lowest BCUT2D eigenvalue weighted by Crippen LogP contribution is -2.27. The van der Waals surface area contributed by atoms with Crippen molar-refractivity contribution in [3.63, 3.8) is 0 Å². The van der Waals surface area contributed by atoms with Crippen molar-refractivity contribution < 1.29 is 4.74 Å². The lowest BCUT2D eigenvalue weighted by Gasteiger charge is -2.13. The van der Waals surface area contributed by atoms with Gasteiger partial charge in [-0.05, 0) is 38.6 Å². The summed E-state index contributed by atoms with van der Waals surface area (Å²) in [7, 11) is 0. The fourth-order valence-electron chi connectivity index (χ4n) is 2.81. The van der Waals surface area contributed by atoms with Crippen molar-refractivity contribution in [1.29, 1.82) is 0 Å². The average Bonchev–Trinajstić information content (AvgIpc) is 2.88. The van der Waals surface area contributed by atoms with Gasteiger partial charge in [-0.2, -0.15) is 0 Å². The minimum atomic E-state index is 0.594. The highest BCUT2D eigenvalue weighted by molar-refractivity contribution is 4.73. The smallest absolute Gasteiger partial charge is 0.0575 e. The van der Waals surface area contributed by atoms with Gasteiger partial charge in [0.05, 0.1) is 6.10 Å². The summed E-state index contributed by atoms with van der Waals surface area (Å²) < 4.78 is 5.83. The standard InChI is InChI=1S/C13H25NO/c1-2-7-12(6-1)14-10-5-11-15-13-8-3-4-9-13/h12-14H,1-11H2. The van der Waals surface area contributed by atoms with E-state index in [1.54, 1.807) is 0 Å². The second kappa shape index (κ2) is 6.49. The molecule has 2 fully saturated rings. The van der Waals surface area contributed by atoms with Crippen LogP contribution in [0.4, 0.5) is 0 Å². The van der Waals surface area contributed by atoms with E-state index in [0.717, 1.165) is 19.2 Å². The molecule has 0 saturated heterocycles. The van der Waals surface area contributed by atoms with Gasteiger partial charge >= 0.3 is 0 Å². The quantitative estimate of drug-likeness (QED) is 0.682. The molecule has 2 aliphatic rings. The van der Waals surface area contributed by atoms with Gasteiger partial charge in [0.25, 0.3) is 0 Å². The van der Waals surface area contributed by atoms with Crippen molar-refractivity contribution in [2.75, 3.05) is 13.2 Å². The SMILES string of the molecule is C(CNC1CCCC1)COC1CCCC1. The van der Waals surface area contributed by atoms with Gasteiger partial charge in [-0.1, -0.05) is 25.7 Å². The van der Waals surface area contributed by atoms with E-state index < -0.39 is 0 Å². The molecule has 0 radical (unpaired) electrons. The Labute approximate surface area is 93.8 Å². The molecule has 0 amide bonds. The monoisotopic (exact) mass is 211 g/mol. The largest absolute Gasteiger partial charge is 0.378 e. The second-order valence-corrected chi connectivity index (χ2v) is 5.07. The van der Waals surface area contributed by atoms with Crippen molar-refractivity contribution in [3.05, 3.63) is 0 Å². The van der Waals surface area contributed by atoms with Crippen LogP contribution in [0.25, 0.3) is 0 Å². The first-order valence-electron chi connectivity index (χ1n) is 6.80. The van der Waals surface area contributed by atoms with E-state index in [2.05, 4.69) is 5.32 Å². The van der Waals surface area contributed by atoms with Crippen LogP contribution >= 0.6 is 0 Å². The number of ether oxygens (including phenoxy) is 1. The first-order valence-corrected chi connectivity index (χ1v) is 6.80. The molecule has 0 aromatic rings. The molecule has 2 nitrogen and oxygen atoms in total. The highest BCUT2D eigenvalue weighted by atomic mass is 16.5. The molecule has 0 atom stereocenters. The maximum atomic E-state index is 5.83. The summed E-state index contributed by atoms with van der Waals surface area (Å²) in [6.07, 6.45) is 12.8. The third kappa shape index (κ3) is 4.12. The maximum Gasteiger partial charge on any atom is 0.0575 e. The second-order valence-electron chi connectivity index (χ2n) is 5.07. The topological polar surface area (TPSA) is 21.3 Å². The summed E-state index contributed by atoms with van der Waals surface area (Å²) in [5.41, 5.74) is 0. The zero-order valence-corrected chi connectivity index (χ0v) is 9.84. The Morgan fingerprint density at radius 3 is 2.33 bits per heavy atom. The molecule has 88 valence electrons. The van der Waals surface area contributed by atoms with Crippen LogP contribution in [0.15, 0.2) is 0 Å². The molecule has 2 saturated carbocycles. The van der Waals surface area contributed by atoms with Gasteiger partial charge in [0.2, 0.25) is 0 Å².